The van der Waals surface area contributed by atoms with Gasteiger partial charge in [0.25, 0.3) is 0 Å². The van der Waals surface area contributed by atoms with Crippen molar-refractivity contribution in [1.29, 1.82) is 0 Å². The van der Waals surface area contributed by atoms with Gasteiger partial charge in [-0.25, -0.2) is 4.79 Å². The third-order valence-electron chi connectivity index (χ3n) is 3.33. The fourth-order valence-electron chi connectivity index (χ4n) is 2.42. The summed E-state index contributed by atoms with van der Waals surface area (Å²) >= 11 is 0. The number of hydrogen-bond donors (Lipinski definition) is 1. The molecule has 1 aliphatic rings. The largest absolute Gasteiger partial charge is 0.444 e. The van der Waals surface area contributed by atoms with Gasteiger partial charge in [-0.2, -0.15) is 0 Å². The van der Waals surface area contributed by atoms with Crippen LogP contribution in [-0.2, 0) is 4.74 Å². The first-order chi connectivity index (χ1) is 8.83. The first-order valence-corrected chi connectivity index (χ1v) is 7.12. The topological polar surface area (TPSA) is 53.0 Å². The van der Waals surface area contributed by atoms with Crippen molar-refractivity contribution in [2.45, 2.75) is 51.7 Å². The zero-order valence-corrected chi connectivity index (χ0v) is 12.7. The summed E-state index contributed by atoms with van der Waals surface area (Å²) in [7, 11) is 1.78. The zero-order chi connectivity index (χ0) is 14.5. The Balaban J connectivity index is 2.49. The number of likely N-dealkylation sites (N-methyl/N-ethyl adjacent to an activating group) is 1. The molecule has 0 aromatic carbocycles. The highest BCUT2D eigenvalue weighted by Gasteiger charge is 2.26. The van der Waals surface area contributed by atoms with E-state index in [-0.39, 0.29) is 12.7 Å². The van der Waals surface area contributed by atoms with Crippen LogP contribution in [0, 0.1) is 0 Å². The fraction of sp³-hybridized carbons (Fsp3) is 0.929. The molecule has 1 N–H and O–H groups in total. The van der Waals surface area contributed by atoms with E-state index in [4.69, 9.17) is 9.84 Å². The number of amides is 1. The second kappa shape index (κ2) is 7.10. The molecule has 0 aliphatic carbocycles. The van der Waals surface area contributed by atoms with Crippen molar-refractivity contribution >= 4 is 6.09 Å². The summed E-state index contributed by atoms with van der Waals surface area (Å²) in [5.74, 6) is 0. The Morgan fingerprint density at radius 1 is 1.42 bits per heavy atom. The van der Waals surface area contributed by atoms with E-state index in [2.05, 4.69) is 4.90 Å². The summed E-state index contributed by atoms with van der Waals surface area (Å²) < 4.78 is 5.36. The van der Waals surface area contributed by atoms with Crippen molar-refractivity contribution in [3.63, 3.8) is 0 Å². The monoisotopic (exact) mass is 272 g/mol. The predicted octanol–water partition coefficient (Wildman–Crippen LogP) is 1.70. The third kappa shape index (κ3) is 5.78. The van der Waals surface area contributed by atoms with Crippen molar-refractivity contribution in [2.75, 3.05) is 33.3 Å². The number of carbonyl (C=O) groups is 1. The highest BCUT2D eigenvalue weighted by molar-refractivity contribution is 5.67. The molecule has 1 atom stereocenters. The number of aliphatic hydroxyl groups excluding tert-OH is 1. The SMILES string of the molecule is CN(CC1CCCCN1CCO)C(=O)OC(C)(C)C. The number of β-amino-alcohol motifs (C(OH)–C–C–N with tert-alkyl or cyclic N) is 1. The zero-order valence-electron chi connectivity index (χ0n) is 12.7. The lowest BCUT2D eigenvalue weighted by Gasteiger charge is -2.37. The van der Waals surface area contributed by atoms with Gasteiger partial charge in [-0.1, -0.05) is 6.42 Å². The molecule has 1 aliphatic heterocycles. The summed E-state index contributed by atoms with van der Waals surface area (Å²) in [5.41, 5.74) is -0.456. The van der Waals surface area contributed by atoms with Crippen molar-refractivity contribution < 1.29 is 14.6 Å². The molecular weight excluding hydrogens is 244 g/mol. The van der Waals surface area contributed by atoms with E-state index in [1.807, 2.05) is 20.8 Å². The van der Waals surface area contributed by atoms with E-state index in [0.717, 1.165) is 13.0 Å². The third-order valence-corrected chi connectivity index (χ3v) is 3.33. The molecule has 1 saturated heterocycles. The normalized spacial score (nSPS) is 21.2. The van der Waals surface area contributed by atoms with Crippen LogP contribution in [0.5, 0.6) is 0 Å². The minimum absolute atomic E-state index is 0.173. The van der Waals surface area contributed by atoms with Gasteiger partial charge < -0.3 is 14.7 Å². The summed E-state index contributed by atoms with van der Waals surface area (Å²) in [6, 6.07) is 0.332. The number of rotatable bonds is 4. The second-order valence-corrected chi connectivity index (χ2v) is 6.27. The Morgan fingerprint density at radius 2 is 2.11 bits per heavy atom. The fourth-order valence-corrected chi connectivity index (χ4v) is 2.42. The molecule has 5 nitrogen and oxygen atoms in total. The summed E-state index contributed by atoms with van der Waals surface area (Å²) in [6.45, 7) is 8.15. The standard InChI is InChI=1S/C14H28N2O3/c1-14(2,3)19-13(18)15(4)11-12-7-5-6-8-16(12)9-10-17/h12,17H,5-11H2,1-4H3. The average molecular weight is 272 g/mol. The molecule has 112 valence electrons. The van der Waals surface area contributed by atoms with Crippen LogP contribution in [0.15, 0.2) is 0 Å². The summed E-state index contributed by atoms with van der Waals surface area (Å²) in [4.78, 5) is 15.8. The van der Waals surface area contributed by atoms with Crippen LogP contribution in [-0.4, -0.2) is 65.9 Å². The maximum absolute atomic E-state index is 11.9. The number of nitrogens with zero attached hydrogens (tertiary/aromatic N) is 2. The van der Waals surface area contributed by atoms with E-state index in [0.29, 0.717) is 19.1 Å². The minimum atomic E-state index is -0.456. The number of ether oxygens (including phenoxy) is 1. The van der Waals surface area contributed by atoms with Crippen LogP contribution in [0.4, 0.5) is 4.79 Å². The molecule has 1 heterocycles. The molecule has 0 spiro atoms. The second-order valence-electron chi connectivity index (χ2n) is 6.27. The molecule has 0 aromatic rings. The Morgan fingerprint density at radius 3 is 2.68 bits per heavy atom. The molecule has 1 unspecified atom stereocenters. The van der Waals surface area contributed by atoms with Crippen LogP contribution in [0.2, 0.25) is 0 Å². The Bertz CT molecular complexity index is 287. The quantitative estimate of drug-likeness (QED) is 0.846. The molecule has 19 heavy (non-hydrogen) atoms. The average Bonchev–Trinajstić information content (AvgIpc) is 2.29. The molecular formula is C14H28N2O3. The van der Waals surface area contributed by atoms with Gasteiger partial charge >= 0.3 is 6.09 Å². The lowest BCUT2D eigenvalue weighted by molar-refractivity contribution is 0.0205. The van der Waals surface area contributed by atoms with Crippen molar-refractivity contribution in [3.8, 4) is 0 Å². The van der Waals surface area contributed by atoms with Crippen molar-refractivity contribution in [2.24, 2.45) is 0 Å². The first-order valence-electron chi connectivity index (χ1n) is 7.12. The number of carbonyl (C=O) groups excluding carboxylic acids is 1. The van der Waals surface area contributed by atoms with Crippen molar-refractivity contribution in [3.05, 3.63) is 0 Å². The lowest BCUT2D eigenvalue weighted by Crippen LogP contribution is -2.48. The Labute approximate surface area is 116 Å². The highest BCUT2D eigenvalue weighted by Crippen LogP contribution is 2.18. The number of aliphatic hydroxyl groups is 1. The van der Waals surface area contributed by atoms with Gasteiger partial charge in [-0.05, 0) is 40.2 Å². The Kier molecular flexibility index (Phi) is 6.07. The number of hydrogen-bond acceptors (Lipinski definition) is 4. The molecule has 0 aromatic heterocycles. The summed E-state index contributed by atoms with van der Waals surface area (Å²) in [5, 5.41) is 9.09. The molecule has 0 radical (unpaired) electrons. The predicted molar refractivity (Wildman–Crippen MR) is 75.2 cm³/mol. The molecule has 1 fully saturated rings. The van der Waals surface area contributed by atoms with Crippen LogP contribution in [0.25, 0.3) is 0 Å². The first kappa shape index (κ1) is 16.2. The highest BCUT2D eigenvalue weighted by atomic mass is 16.6. The van der Waals surface area contributed by atoms with Crippen LogP contribution >= 0.6 is 0 Å². The van der Waals surface area contributed by atoms with Gasteiger partial charge in [-0.15, -0.1) is 0 Å². The Hall–Kier alpha value is -0.810. The van der Waals surface area contributed by atoms with Gasteiger partial charge in [0.2, 0.25) is 0 Å². The maximum Gasteiger partial charge on any atom is 0.410 e. The van der Waals surface area contributed by atoms with E-state index in [1.165, 1.54) is 12.8 Å². The van der Waals surface area contributed by atoms with Gasteiger partial charge in [0.1, 0.15) is 5.60 Å². The van der Waals surface area contributed by atoms with Crippen LogP contribution in [0.3, 0.4) is 0 Å². The van der Waals surface area contributed by atoms with E-state index in [9.17, 15) is 4.79 Å². The van der Waals surface area contributed by atoms with Gasteiger partial charge in [-0.3, -0.25) is 4.90 Å². The number of piperidine rings is 1. The maximum atomic E-state index is 11.9. The van der Waals surface area contributed by atoms with Crippen LogP contribution in [0.1, 0.15) is 40.0 Å². The van der Waals surface area contributed by atoms with Crippen LogP contribution < -0.4 is 0 Å². The van der Waals surface area contributed by atoms with Gasteiger partial charge in [0.05, 0.1) is 6.61 Å². The smallest absolute Gasteiger partial charge is 0.410 e. The molecule has 1 rings (SSSR count). The molecule has 0 bridgehead atoms. The summed E-state index contributed by atoms with van der Waals surface area (Å²) in [6.07, 6.45) is 3.16. The number of likely N-dealkylation sites (tertiary alicyclic amines) is 1. The minimum Gasteiger partial charge on any atom is -0.444 e. The van der Waals surface area contributed by atoms with E-state index >= 15 is 0 Å². The molecule has 1 amide bonds. The van der Waals surface area contributed by atoms with Gasteiger partial charge in [0.15, 0.2) is 0 Å². The van der Waals surface area contributed by atoms with E-state index in [1.54, 1.807) is 11.9 Å². The lowest BCUT2D eigenvalue weighted by atomic mass is 10.0. The van der Waals surface area contributed by atoms with E-state index < -0.39 is 5.60 Å². The molecule has 5 heteroatoms. The van der Waals surface area contributed by atoms with Crippen molar-refractivity contribution in [1.82, 2.24) is 9.80 Å². The molecule has 0 saturated carbocycles. The van der Waals surface area contributed by atoms with Gasteiger partial charge in [0, 0.05) is 26.2 Å².